The SMILES string of the molecule is C=CCCN(CCC)c1cc(/C=C\C)ccn1. The molecule has 1 aromatic heterocycles. The van der Waals surface area contributed by atoms with E-state index < -0.39 is 0 Å². The molecular formula is C15H22N2. The molecule has 0 amide bonds. The van der Waals surface area contributed by atoms with Crippen molar-refractivity contribution < 1.29 is 0 Å². The van der Waals surface area contributed by atoms with Crippen LogP contribution in [0.2, 0.25) is 0 Å². The van der Waals surface area contributed by atoms with Crippen molar-refractivity contribution in [3.8, 4) is 0 Å². The van der Waals surface area contributed by atoms with Crippen LogP contribution in [0.5, 0.6) is 0 Å². The van der Waals surface area contributed by atoms with Crippen LogP contribution < -0.4 is 4.90 Å². The lowest BCUT2D eigenvalue weighted by atomic mass is 10.2. The van der Waals surface area contributed by atoms with Crippen LogP contribution in [0, 0.1) is 0 Å². The van der Waals surface area contributed by atoms with E-state index >= 15 is 0 Å². The average Bonchev–Trinajstić information content (AvgIpc) is 2.35. The van der Waals surface area contributed by atoms with Gasteiger partial charge in [-0.2, -0.15) is 0 Å². The molecule has 2 nitrogen and oxygen atoms in total. The van der Waals surface area contributed by atoms with Crippen molar-refractivity contribution in [2.24, 2.45) is 0 Å². The molecule has 0 fully saturated rings. The number of aromatic nitrogens is 1. The molecule has 0 atom stereocenters. The molecule has 0 N–H and O–H groups in total. The Labute approximate surface area is 105 Å². The van der Waals surface area contributed by atoms with Crippen LogP contribution in [0.25, 0.3) is 6.08 Å². The Bertz CT molecular complexity index is 369. The minimum atomic E-state index is 0.990. The highest BCUT2D eigenvalue weighted by Crippen LogP contribution is 2.14. The van der Waals surface area contributed by atoms with E-state index in [1.165, 1.54) is 5.56 Å². The molecule has 17 heavy (non-hydrogen) atoms. The summed E-state index contributed by atoms with van der Waals surface area (Å²) in [6, 6.07) is 4.17. The number of rotatable bonds is 7. The fourth-order valence-electron chi connectivity index (χ4n) is 1.76. The first-order valence-corrected chi connectivity index (χ1v) is 6.26. The normalized spacial score (nSPS) is 10.7. The molecule has 0 spiro atoms. The molecule has 2 heteroatoms. The van der Waals surface area contributed by atoms with E-state index in [9.17, 15) is 0 Å². The monoisotopic (exact) mass is 230 g/mol. The third-order valence-electron chi connectivity index (χ3n) is 2.55. The summed E-state index contributed by atoms with van der Waals surface area (Å²) in [4.78, 5) is 6.77. The summed E-state index contributed by atoms with van der Waals surface area (Å²) < 4.78 is 0. The first kappa shape index (κ1) is 13.5. The largest absolute Gasteiger partial charge is 0.356 e. The molecule has 0 saturated carbocycles. The Morgan fingerprint density at radius 1 is 1.41 bits per heavy atom. The topological polar surface area (TPSA) is 16.1 Å². The maximum absolute atomic E-state index is 4.45. The van der Waals surface area contributed by atoms with Crippen molar-refractivity contribution in [3.05, 3.63) is 42.6 Å². The van der Waals surface area contributed by atoms with Crippen LogP contribution in [0.1, 0.15) is 32.3 Å². The van der Waals surface area contributed by atoms with Crippen molar-refractivity contribution in [2.45, 2.75) is 26.7 Å². The van der Waals surface area contributed by atoms with Crippen molar-refractivity contribution in [3.63, 3.8) is 0 Å². The molecule has 1 rings (SSSR count). The van der Waals surface area contributed by atoms with Crippen molar-refractivity contribution in [1.82, 2.24) is 4.98 Å². The van der Waals surface area contributed by atoms with Crippen LogP contribution in [0.4, 0.5) is 5.82 Å². The number of anilines is 1. The zero-order chi connectivity index (χ0) is 12.5. The zero-order valence-electron chi connectivity index (χ0n) is 10.9. The van der Waals surface area contributed by atoms with Crippen LogP contribution in [0.3, 0.4) is 0 Å². The number of hydrogen-bond donors (Lipinski definition) is 0. The van der Waals surface area contributed by atoms with E-state index in [2.05, 4.69) is 35.5 Å². The first-order chi connectivity index (χ1) is 8.31. The summed E-state index contributed by atoms with van der Waals surface area (Å²) in [5.74, 6) is 1.06. The molecule has 0 aromatic carbocycles. The first-order valence-electron chi connectivity index (χ1n) is 6.26. The number of allylic oxidation sites excluding steroid dienone is 1. The number of hydrogen-bond acceptors (Lipinski definition) is 2. The van der Waals surface area contributed by atoms with Gasteiger partial charge in [0.2, 0.25) is 0 Å². The smallest absolute Gasteiger partial charge is 0.129 e. The number of nitrogens with zero attached hydrogens (tertiary/aromatic N) is 2. The molecule has 0 aliphatic heterocycles. The molecule has 0 radical (unpaired) electrons. The highest BCUT2D eigenvalue weighted by atomic mass is 15.2. The van der Waals surface area contributed by atoms with Crippen LogP contribution in [0.15, 0.2) is 37.1 Å². The van der Waals surface area contributed by atoms with Gasteiger partial charge < -0.3 is 4.90 Å². The Hall–Kier alpha value is -1.57. The van der Waals surface area contributed by atoms with Gasteiger partial charge in [-0.3, -0.25) is 0 Å². The molecule has 0 bridgehead atoms. The maximum atomic E-state index is 4.45. The van der Waals surface area contributed by atoms with Gasteiger partial charge in [-0.15, -0.1) is 6.58 Å². The molecule has 0 saturated heterocycles. The van der Waals surface area contributed by atoms with Gasteiger partial charge in [0.1, 0.15) is 5.82 Å². The second-order valence-electron chi connectivity index (χ2n) is 4.01. The van der Waals surface area contributed by atoms with Crippen LogP contribution in [-0.4, -0.2) is 18.1 Å². The molecule has 92 valence electrons. The van der Waals surface area contributed by atoms with Gasteiger partial charge in [0.05, 0.1) is 0 Å². The van der Waals surface area contributed by atoms with E-state index in [1.807, 2.05) is 31.3 Å². The van der Waals surface area contributed by atoms with Gasteiger partial charge in [0.25, 0.3) is 0 Å². The number of pyridine rings is 1. The molecule has 0 unspecified atom stereocenters. The van der Waals surface area contributed by atoms with Crippen molar-refractivity contribution >= 4 is 11.9 Å². The Morgan fingerprint density at radius 3 is 2.88 bits per heavy atom. The van der Waals surface area contributed by atoms with E-state index in [4.69, 9.17) is 0 Å². The second-order valence-corrected chi connectivity index (χ2v) is 4.01. The van der Waals surface area contributed by atoms with E-state index in [0.717, 1.165) is 31.7 Å². The minimum Gasteiger partial charge on any atom is -0.356 e. The fraction of sp³-hybridized carbons (Fsp3) is 0.400. The summed E-state index contributed by atoms with van der Waals surface area (Å²) in [6.07, 6.45) is 10.1. The summed E-state index contributed by atoms with van der Waals surface area (Å²) >= 11 is 0. The van der Waals surface area contributed by atoms with E-state index in [1.54, 1.807) is 0 Å². The zero-order valence-corrected chi connectivity index (χ0v) is 10.9. The van der Waals surface area contributed by atoms with Crippen LogP contribution >= 0.6 is 0 Å². The summed E-state index contributed by atoms with van der Waals surface area (Å²) in [5, 5.41) is 0. The Kier molecular flexibility index (Phi) is 6.08. The van der Waals surface area contributed by atoms with Gasteiger partial charge in [0.15, 0.2) is 0 Å². The fourth-order valence-corrected chi connectivity index (χ4v) is 1.76. The van der Waals surface area contributed by atoms with Crippen LogP contribution in [-0.2, 0) is 0 Å². The molecule has 1 heterocycles. The summed E-state index contributed by atoms with van der Waals surface area (Å²) in [7, 11) is 0. The van der Waals surface area contributed by atoms with Gasteiger partial charge in [0, 0.05) is 19.3 Å². The second kappa shape index (κ2) is 7.66. The maximum Gasteiger partial charge on any atom is 0.129 e. The van der Waals surface area contributed by atoms with E-state index in [-0.39, 0.29) is 0 Å². The predicted octanol–water partition coefficient (Wildman–Crippen LogP) is 3.91. The average molecular weight is 230 g/mol. The Morgan fingerprint density at radius 2 is 2.24 bits per heavy atom. The molecular weight excluding hydrogens is 208 g/mol. The standard InChI is InChI=1S/C15H22N2/c1-4-7-12-17(11-6-3)15-13-14(8-5-2)9-10-16-15/h4-5,8-10,13H,1,6-7,11-12H2,2-3H3/b8-5-. The van der Waals surface area contributed by atoms with Gasteiger partial charge >= 0.3 is 0 Å². The quantitative estimate of drug-likeness (QED) is 0.660. The molecule has 0 aliphatic carbocycles. The highest BCUT2D eigenvalue weighted by Gasteiger charge is 2.05. The third kappa shape index (κ3) is 4.43. The molecule has 1 aromatic rings. The molecule has 0 aliphatic rings. The lowest BCUT2D eigenvalue weighted by Crippen LogP contribution is -2.25. The predicted molar refractivity (Wildman–Crippen MR) is 76.3 cm³/mol. The van der Waals surface area contributed by atoms with E-state index in [0.29, 0.717) is 0 Å². The van der Waals surface area contributed by atoms with Gasteiger partial charge in [-0.25, -0.2) is 4.98 Å². The summed E-state index contributed by atoms with van der Waals surface area (Å²) in [5.41, 5.74) is 1.21. The third-order valence-corrected chi connectivity index (χ3v) is 2.55. The lowest BCUT2D eigenvalue weighted by molar-refractivity contribution is 0.753. The lowest BCUT2D eigenvalue weighted by Gasteiger charge is -2.22. The van der Waals surface area contributed by atoms with Crippen molar-refractivity contribution in [2.75, 3.05) is 18.0 Å². The highest BCUT2D eigenvalue weighted by molar-refractivity contribution is 5.54. The van der Waals surface area contributed by atoms with Gasteiger partial charge in [-0.05, 0) is 37.5 Å². The summed E-state index contributed by atoms with van der Waals surface area (Å²) in [6.45, 7) is 10.0. The van der Waals surface area contributed by atoms with Gasteiger partial charge in [-0.1, -0.05) is 25.2 Å². The Balaban J connectivity index is 2.84. The minimum absolute atomic E-state index is 0.990. The van der Waals surface area contributed by atoms with Crippen molar-refractivity contribution in [1.29, 1.82) is 0 Å².